The fourth-order valence-corrected chi connectivity index (χ4v) is 3.14. The Morgan fingerprint density at radius 3 is 2.59 bits per heavy atom. The van der Waals surface area contributed by atoms with Crippen molar-refractivity contribution < 1.29 is 9.59 Å². The van der Waals surface area contributed by atoms with E-state index in [0.717, 1.165) is 22.6 Å². The number of benzene rings is 1. The lowest BCUT2D eigenvalue weighted by atomic mass is 10.1. The quantitative estimate of drug-likeness (QED) is 0.624. The van der Waals surface area contributed by atoms with Gasteiger partial charge in [-0.15, -0.1) is 0 Å². The molecular formula is C20H19Cl2N5O2. The third-order valence-corrected chi connectivity index (χ3v) is 5.06. The second kappa shape index (κ2) is 9.07. The zero-order valence-electron chi connectivity index (χ0n) is 15.9. The number of hydrogen-bond acceptors (Lipinski definition) is 4. The Balaban J connectivity index is 1.64. The smallest absolute Gasteiger partial charge is 0.243 e. The minimum atomic E-state index is -0.328. The molecule has 1 aromatic carbocycles. The number of carbonyl (C=O) groups is 2. The van der Waals surface area contributed by atoms with Gasteiger partial charge in [0.05, 0.1) is 46.3 Å². The highest BCUT2D eigenvalue weighted by Crippen LogP contribution is 2.26. The summed E-state index contributed by atoms with van der Waals surface area (Å²) in [5.74, 6) is -0.600. The van der Waals surface area contributed by atoms with Gasteiger partial charge in [0, 0.05) is 17.5 Å². The van der Waals surface area contributed by atoms with Gasteiger partial charge < -0.3 is 10.6 Å². The second-order valence-corrected chi connectivity index (χ2v) is 7.22. The van der Waals surface area contributed by atoms with E-state index in [1.807, 2.05) is 13.8 Å². The molecule has 3 rings (SSSR count). The van der Waals surface area contributed by atoms with Gasteiger partial charge in [-0.05, 0) is 44.2 Å². The summed E-state index contributed by atoms with van der Waals surface area (Å²) in [5, 5.41) is 10.7. The average Bonchev–Trinajstić information content (AvgIpc) is 2.97. The fourth-order valence-electron chi connectivity index (χ4n) is 2.84. The lowest BCUT2D eigenvalue weighted by Crippen LogP contribution is -2.34. The normalized spacial score (nSPS) is 10.6. The Kier molecular flexibility index (Phi) is 6.51. The first-order valence-corrected chi connectivity index (χ1v) is 9.58. The van der Waals surface area contributed by atoms with Crippen LogP contribution in [-0.4, -0.2) is 33.1 Å². The highest BCUT2D eigenvalue weighted by atomic mass is 35.5. The maximum atomic E-state index is 12.3. The number of nitrogens with one attached hydrogen (secondary N) is 2. The van der Waals surface area contributed by atoms with Crippen molar-refractivity contribution in [3.63, 3.8) is 0 Å². The van der Waals surface area contributed by atoms with Crippen LogP contribution >= 0.6 is 23.2 Å². The van der Waals surface area contributed by atoms with E-state index in [4.69, 9.17) is 23.2 Å². The molecule has 0 unspecified atom stereocenters. The summed E-state index contributed by atoms with van der Waals surface area (Å²) < 4.78 is 1.72. The Labute approximate surface area is 178 Å². The molecule has 29 heavy (non-hydrogen) atoms. The molecule has 2 amide bonds. The average molecular weight is 432 g/mol. The standard InChI is InChI=1S/C20H19Cl2N5O2/c1-12-16(13(2)27(26-12)15-5-6-17(21)18(22)8-15)9-19(28)24-11-20(29)25-14-4-3-7-23-10-14/h3-8,10H,9,11H2,1-2H3,(H,24,28)(H,25,29). The van der Waals surface area contributed by atoms with Crippen LogP contribution in [0.1, 0.15) is 17.0 Å². The number of carbonyl (C=O) groups excluding carboxylic acids is 2. The molecule has 0 aliphatic carbocycles. The third-order valence-electron chi connectivity index (χ3n) is 4.32. The number of nitrogens with zero attached hydrogens (tertiary/aromatic N) is 3. The van der Waals surface area contributed by atoms with Gasteiger partial charge in [0.1, 0.15) is 0 Å². The highest BCUT2D eigenvalue weighted by Gasteiger charge is 2.17. The molecule has 0 radical (unpaired) electrons. The van der Waals surface area contributed by atoms with Gasteiger partial charge in [-0.1, -0.05) is 23.2 Å². The van der Waals surface area contributed by atoms with Crippen molar-refractivity contribution in [3.8, 4) is 5.69 Å². The monoisotopic (exact) mass is 431 g/mol. The number of hydrogen-bond donors (Lipinski definition) is 2. The maximum Gasteiger partial charge on any atom is 0.243 e. The number of amides is 2. The van der Waals surface area contributed by atoms with E-state index in [-0.39, 0.29) is 24.8 Å². The molecule has 3 aromatic rings. The number of anilines is 1. The van der Waals surface area contributed by atoms with Gasteiger partial charge in [-0.3, -0.25) is 14.6 Å². The molecule has 0 fully saturated rings. The van der Waals surface area contributed by atoms with E-state index < -0.39 is 0 Å². The van der Waals surface area contributed by atoms with Crippen LogP contribution in [0.15, 0.2) is 42.7 Å². The van der Waals surface area contributed by atoms with Crippen molar-refractivity contribution in [2.24, 2.45) is 0 Å². The molecule has 0 saturated carbocycles. The molecule has 2 N–H and O–H groups in total. The highest BCUT2D eigenvalue weighted by molar-refractivity contribution is 6.42. The molecule has 0 aliphatic rings. The van der Waals surface area contributed by atoms with Crippen LogP contribution < -0.4 is 10.6 Å². The Bertz CT molecular complexity index is 1050. The molecule has 0 aliphatic heterocycles. The zero-order chi connectivity index (χ0) is 21.0. The van der Waals surface area contributed by atoms with E-state index in [9.17, 15) is 9.59 Å². The van der Waals surface area contributed by atoms with Gasteiger partial charge in [-0.2, -0.15) is 5.10 Å². The van der Waals surface area contributed by atoms with Gasteiger partial charge in [-0.25, -0.2) is 4.68 Å². The van der Waals surface area contributed by atoms with E-state index in [2.05, 4.69) is 20.7 Å². The van der Waals surface area contributed by atoms with Gasteiger partial charge in [0.25, 0.3) is 0 Å². The van der Waals surface area contributed by atoms with Crippen molar-refractivity contribution in [1.82, 2.24) is 20.1 Å². The molecule has 7 nitrogen and oxygen atoms in total. The summed E-state index contributed by atoms with van der Waals surface area (Å²) in [7, 11) is 0. The van der Waals surface area contributed by atoms with Crippen LogP contribution in [0.2, 0.25) is 10.0 Å². The maximum absolute atomic E-state index is 12.3. The van der Waals surface area contributed by atoms with Crippen molar-refractivity contribution >= 4 is 40.7 Å². The van der Waals surface area contributed by atoms with Crippen LogP contribution in [0.3, 0.4) is 0 Å². The number of aryl methyl sites for hydroxylation is 1. The Hall–Kier alpha value is -2.90. The lowest BCUT2D eigenvalue weighted by Gasteiger charge is -2.08. The predicted octanol–water partition coefficient (Wildman–Crippen LogP) is 3.49. The second-order valence-electron chi connectivity index (χ2n) is 6.40. The van der Waals surface area contributed by atoms with Gasteiger partial charge in [0.2, 0.25) is 11.8 Å². The minimum absolute atomic E-state index is 0.110. The summed E-state index contributed by atoms with van der Waals surface area (Å²) in [4.78, 5) is 28.2. The zero-order valence-corrected chi connectivity index (χ0v) is 17.4. The SMILES string of the molecule is Cc1nn(-c2ccc(Cl)c(Cl)c2)c(C)c1CC(=O)NCC(=O)Nc1cccnc1. The van der Waals surface area contributed by atoms with Crippen LogP contribution in [-0.2, 0) is 16.0 Å². The largest absolute Gasteiger partial charge is 0.347 e. The molecule has 2 heterocycles. The number of pyridine rings is 1. The topological polar surface area (TPSA) is 88.9 Å². The number of aromatic nitrogens is 3. The summed E-state index contributed by atoms with van der Waals surface area (Å²) in [6.07, 6.45) is 3.25. The fraction of sp³-hybridized carbons (Fsp3) is 0.200. The van der Waals surface area contributed by atoms with Crippen molar-refractivity contribution in [3.05, 3.63) is 69.7 Å². The number of rotatable bonds is 6. The van der Waals surface area contributed by atoms with Crippen LogP contribution in [0.4, 0.5) is 5.69 Å². The molecule has 9 heteroatoms. The summed E-state index contributed by atoms with van der Waals surface area (Å²) >= 11 is 12.1. The van der Waals surface area contributed by atoms with E-state index in [1.54, 1.807) is 41.2 Å². The number of halogens is 2. The van der Waals surface area contributed by atoms with E-state index >= 15 is 0 Å². The molecule has 2 aromatic heterocycles. The Morgan fingerprint density at radius 1 is 1.10 bits per heavy atom. The van der Waals surface area contributed by atoms with Crippen molar-refractivity contribution in [1.29, 1.82) is 0 Å². The van der Waals surface area contributed by atoms with Crippen LogP contribution in [0, 0.1) is 13.8 Å². The van der Waals surface area contributed by atoms with Gasteiger partial charge in [0.15, 0.2) is 0 Å². The first-order chi connectivity index (χ1) is 13.8. The van der Waals surface area contributed by atoms with Crippen LogP contribution in [0.25, 0.3) is 5.69 Å². The Morgan fingerprint density at radius 2 is 1.90 bits per heavy atom. The molecular weight excluding hydrogens is 413 g/mol. The van der Waals surface area contributed by atoms with Crippen LogP contribution in [0.5, 0.6) is 0 Å². The molecule has 150 valence electrons. The van der Waals surface area contributed by atoms with E-state index in [1.165, 1.54) is 6.20 Å². The molecule has 0 atom stereocenters. The predicted molar refractivity (Wildman–Crippen MR) is 113 cm³/mol. The summed E-state index contributed by atoms with van der Waals surface area (Å²) in [6, 6.07) is 8.65. The molecule has 0 bridgehead atoms. The first-order valence-electron chi connectivity index (χ1n) is 8.82. The summed E-state index contributed by atoms with van der Waals surface area (Å²) in [6.45, 7) is 3.58. The van der Waals surface area contributed by atoms with Crippen molar-refractivity contribution in [2.45, 2.75) is 20.3 Å². The minimum Gasteiger partial charge on any atom is -0.347 e. The lowest BCUT2D eigenvalue weighted by molar-refractivity contribution is -0.123. The van der Waals surface area contributed by atoms with Crippen molar-refractivity contribution in [2.75, 3.05) is 11.9 Å². The molecule has 0 saturated heterocycles. The summed E-state index contributed by atoms with van der Waals surface area (Å²) in [5.41, 5.74) is 3.66. The molecule has 0 spiro atoms. The van der Waals surface area contributed by atoms with E-state index in [0.29, 0.717) is 15.7 Å². The first kappa shape index (κ1) is 20.8. The third kappa shape index (κ3) is 5.13. The van der Waals surface area contributed by atoms with Gasteiger partial charge >= 0.3 is 0 Å².